The van der Waals surface area contributed by atoms with E-state index in [2.05, 4.69) is 27.5 Å². The molecule has 0 radical (unpaired) electrons. The summed E-state index contributed by atoms with van der Waals surface area (Å²) in [6, 6.07) is 8.70. The average Bonchev–Trinajstić information content (AvgIpc) is 3.01. The molecule has 0 spiro atoms. The second kappa shape index (κ2) is 14.0. The molecule has 3 N–H and O–H groups in total. The number of fused-ring (bicyclic) bond motifs is 1. The van der Waals surface area contributed by atoms with Crippen LogP contribution in [-0.4, -0.2) is 47.5 Å². The van der Waals surface area contributed by atoms with E-state index in [-0.39, 0.29) is 47.7 Å². The van der Waals surface area contributed by atoms with Gasteiger partial charge in [0.15, 0.2) is 5.82 Å². The lowest BCUT2D eigenvalue weighted by molar-refractivity contribution is -0.111. The molecular weight excluding hydrogens is 613 g/mol. The van der Waals surface area contributed by atoms with E-state index in [0.717, 1.165) is 5.56 Å². The molecule has 0 aliphatic carbocycles. The number of benzene rings is 2. The van der Waals surface area contributed by atoms with Gasteiger partial charge in [0, 0.05) is 42.6 Å². The lowest BCUT2D eigenvalue weighted by atomic mass is 10.1. The smallest absolute Gasteiger partial charge is 0.248 e. The van der Waals surface area contributed by atoms with E-state index in [0.29, 0.717) is 50.9 Å². The van der Waals surface area contributed by atoms with Crippen LogP contribution in [0.15, 0.2) is 49.2 Å². The molecular formula is C31H32Cl2F2N6O3. The van der Waals surface area contributed by atoms with Crippen molar-refractivity contribution in [1.82, 2.24) is 15.0 Å². The number of hydrogen-bond donors (Lipinski definition) is 3. The molecule has 4 aromatic rings. The summed E-state index contributed by atoms with van der Waals surface area (Å²) >= 11 is 13.4. The van der Waals surface area contributed by atoms with Crippen LogP contribution in [0, 0.1) is 6.92 Å². The second-order valence-electron chi connectivity index (χ2n) is 9.83. The van der Waals surface area contributed by atoms with E-state index in [9.17, 15) is 13.6 Å². The van der Waals surface area contributed by atoms with Crippen LogP contribution in [0.25, 0.3) is 22.2 Å². The molecule has 0 aliphatic rings. The first-order valence-electron chi connectivity index (χ1n) is 13.7. The first-order chi connectivity index (χ1) is 21.0. The Labute approximate surface area is 264 Å². The Morgan fingerprint density at radius 1 is 1.11 bits per heavy atom. The minimum atomic E-state index is -2.76. The molecule has 4 rings (SSSR count). The third-order valence-electron chi connectivity index (χ3n) is 6.88. The van der Waals surface area contributed by atoms with Crippen molar-refractivity contribution in [3.8, 4) is 22.8 Å². The molecule has 9 nitrogen and oxygen atoms in total. The fraction of sp³-hybridized carbons (Fsp3) is 0.290. The molecule has 0 unspecified atom stereocenters. The van der Waals surface area contributed by atoms with Crippen LogP contribution < -0.4 is 25.4 Å². The van der Waals surface area contributed by atoms with Crippen molar-refractivity contribution in [2.45, 2.75) is 39.0 Å². The Bertz CT molecular complexity index is 1680. The average molecular weight is 646 g/mol. The molecule has 1 amide bonds. The zero-order chi connectivity index (χ0) is 32.0. The van der Waals surface area contributed by atoms with Gasteiger partial charge < -0.3 is 25.4 Å². The highest BCUT2D eigenvalue weighted by atomic mass is 35.5. The topological polar surface area (TPSA) is 110 Å². The van der Waals surface area contributed by atoms with Gasteiger partial charge in [0.25, 0.3) is 0 Å². The third-order valence-corrected chi connectivity index (χ3v) is 7.63. The quantitative estimate of drug-likeness (QED) is 0.0982. The number of para-hydroxylation sites is 1. The number of nitrogens with zero attached hydrogens (tertiary/aromatic N) is 3. The Hall–Kier alpha value is -4.22. The Morgan fingerprint density at radius 3 is 2.45 bits per heavy atom. The Kier molecular flexibility index (Phi) is 10.4. The maximum absolute atomic E-state index is 13.9. The fourth-order valence-electron chi connectivity index (χ4n) is 4.43. The van der Waals surface area contributed by atoms with Gasteiger partial charge in [0.1, 0.15) is 17.0 Å². The molecule has 2 heterocycles. The molecule has 0 atom stereocenters. The number of methoxy groups -OCH3 is 2. The summed E-state index contributed by atoms with van der Waals surface area (Å²) in [6.45, 7) is 7.03. The van der Waals surface area contributed by atoms with Crippen LogP contribution in [-0.2, 0) is 4.79 Å². The highest BCUT2D eigenvalue weighted by Gasteiger charge is 2.25. The van der Waals surface area contributed by atoms with Gasteiger partial charge in [-0.2, -0.15) is 0 Å². The standard InChI is InChI=1S/C31H32Cl2F2N6O3/c1-6-23(42)38-19-11-8-10-17(3)27(19)40-30-37-16-18-14-20(24-25(32)21(43-4)15-22(44-5)26(24)33)39-29(28(18)41-30)36-13-9-12-31(34,35)7-2/h6,8,10-11,14-16H,1,7,9,12-13H2,2-5H3,(H,36,39)(H,38,42)(H,37,40,41). The number of rotatable bonds is 13. The number of anilines is 4. The van der Waals surface area contributed by atoms with E-state index < -0.39 is 5.92 Å². The number of halogens is 4. The minimum Gasteiger partial charge on any atom is -0.495 e. The number of nitrogens with one attached hydrogen (secondary N) is 3. The first-order valence-corrected chi connectivity index (χ1v) is 14.5. The number of aromatic nitrogens is 3. The van der Waals surface area contributed by atoms with Crippen molar-refractivity contribution in [2.75, 3.05) is 36.7 Å². The minimum absolute atomic E-state index is 0.189. The lowest BCUT2D eigenvalue weighted by Crippen LogP contribution is -2.16. The summed E-state index contributed by atoms with van der Waals surface area (Å²) in [6.07, 6.45) is 2.43. The van der Waals surface area contributed by atoms with Crippen LogP contribution in [0.4, 0.5) is 31.9 Å². The number of carbonyl (C=O) groups excluding carboxylic acids is 1. The number of pyridine rings is 1. The van der Waals surface area contributed by atoms with Crippen LogP contribution in [0.3, 0.4) is 0 Å². The van der Waals surface area contributed by atoms with E-state index in [4.69, 9.17) is 42.6 Å². The molecule has 2 aromatic carbocycles. The van der Waals surface area contributed by atoms with E-state index in [1.54, 1.807) is 30.5 Å². The van der Waals surface area contributed by atoms with Gasteiger partial charge in [-0.25, -0.2) is 23.7 Å². The second-order valence-corrected chi connectivity index (χ2v) is 10.6. The van der Waals surface area contributed by atoms with Gasteiger partial charge in [-0.05, 0) is 37.1 Å². The molecule has 13 heteroatoms. The molecule has 0 saturated heterocycles. The van der Waals surface area contributed by atoms with Gasteiger partial charge in [0.05, 0.1) is 41.3 Å². The number of hydrogen-bond acceptors (Lipinski definition) is 8. The summed E-state index contributed by atoms with van der Waals surface area (Å²) in [7, 11) is 2.94. The van der Waals surface area contributed by atoms with Gasteiger partial charge in [-0.3, -0.25) is 4.79 Å². The highest BCUT2D eigenvalue weighted by molar-refractivity contribution is 6.41. The number of amides is 1. The molecule has 232 valence electrons. The summed E-state index contributed by atoms with van der Waals surface area (Å²) in [5.74, 6) is -1.95. The summed E-state index contributed by atoms with van der Waals surface area (Å²) in [5, 5.41) is 10.1. The predicted molar refractivity (Wildman–Crippen MR) is 172 cm³/mol. The number of aryl methyl sites for hydroxylation is 1. The van der Waals surface area contributed by atoms with Crippen molar-refractivity contribution in [2.24, 2.45) is 0 Å². The van der Waals surface area contributed by atoms with Crippen LogP contribution in [0.5, 0.6) is 11.5 Å². The summed E-state index contributed by atoms with van der Waals surface area (Å²) in [4.78, 5) is 26.0. The highest BCUT2D eigenvalue weighted by Crippen LogP contribution is 2.46. The van der Waals surface area contributed by atoms with Gasteiger partial charge in [-0.15, -0.1) is 0 Å². The third kappa shape index (κ3) is 7.28. The molecule has 44 heavy (non-hydrogen) atoms. The monoisotopic (exact) mass is 644 g/mol. The summed E-state index contributed by atoms with van der Waals surface area (Å²) < 4.78 is 38.7. The summed E-state index contributed by atoms with van der Waals surface area (Å²) in [5.41, 5.74) is 3.07. The predicted octanol–water partition coefficient (Wildman–Crippen LogP) is 8.43. The van der Waals surface area contributed by atoms with Crippen molar-refractivity contribution < 1.29 is 23.0 Å². The number of carbonyl (C=O) groups is 1. The largest absolute Gasteiger partial charge is 0.495 e. The molecule has 0 fully saturated rings. The fourth-order valence-corrected chi connectivity index (χ4v) is 5.12. The van der Waals surface area contributed by atoms with Crippen molar-refractivity contribution in [3.05, 3.63) is 64.8 Å². The number of alkyl halides is 2. The normalized spacial score (nSPS) is 11.3. The van der Waals surface area contributed by atoms with Crippen LogP contribution in [0.1, 0.15) is 31.7 Å². The SMILES string of the molecule is C=CC(=O)Nc1cccc(C)c1Nc1ncc2cc(-c3c(Cl)c(OC)cc(OC)c3Cl)nc(NCCCC(F)(F)CC)c2n1. The first kappa shape index (κ1) is 32.7. The maximum Gasteiger partial charge on any atom is 0.248 e. The van der Waals surface area contributed by atoms with Crippen LogP contribution >= 0.6 is 23.2 Å². The van der Waals surface area contributed by atoms with E-state index in [1.165, 1.54) is 27.2 Å². The Morgan fingerprint density at radius 2 is 1.82 bits per heavy atom. The van der Waals surface area contributed by atoms with Crippen molar-refractivity contribution in [3.63, 3.8) is 0 Å². The van der Waals surface area contributed by atoms with Crippen molar-refractivity contribution >= 4 is 63.2 Å². The zero-order valence-electron chi connectivity index (χ0n) is 24.7. The molecule has 0 bridgehead atoms. The van der Waals surface area contributed by atoms with Crippen molar-refractivity contribution in [1.29, 1.82) is 0 Å². The maximum atomic E-state index is 13.9. The molecule has 0 aliphatic heterocycles. The van der Waals surface area contributed by atoms with E-state index >= 15 is 0 Å². The zero-order valence-corrected chi connectivity index (χ0v) is 26.2. The Balaban J connectivity index is 1.81. The van der Waals surface area contributed by atoms with Gasteiger partial charge >= 0.3 is 0 Å². The van der Waals surface area contributed by atoms with Crippen LogP contribution in [0.2, 0.25) is 10.0 Å². The van der Waals surface area contributed by atoms with Gasteiger partial charge in [0.2, 0.25) is 17.8 Å². The number of ether oxygens (including phenoxy) is 2. The molecule has 0 saturated carbocycles. The van der Waals surface area contributed by atoms with E-state index in [1.807, 2.05) is 13.0 Å². The lowest BCUT2D eigenvalue weighted by Gasteiger charge is -2.18. The van der Waals surface area contributed by atoms with Gasteiger partial charge in [-0.1, -0.05) is 48.8 Å². The molecule has 2 aromatic heterocycles.